The fraction of sp³-hybridized carbons (Fsp3) is 0.778. The molecule has 2 N–H and O–H groups in total. The van der Waals surface area contributed by atoms with Gasteiger partial charge in [0, 0.05) is 0 Å². The fourth-order valence-corrected chi connectivity index (χ4v) is 1.56. The first-order valence-electron chi connectivity index (χ1n) is 4.17. The molecule has 0 aliphatic carbocycles. The van der Waals surface area contributed by atoms with Crippen molar-refractivity contribution in [2.45, 2.75) is 27.7 Å². The van der Waals surface area contributed by atoms with E-state index >= 15 is 0 Å². The standard InChI is InChI=1S/C9H16O4/c1-5(2)6(7(10)11)9(3,4)8(12)13/h5-6H,1-4H3,(H,10,11)(H,12,13). The van der Waals surface area contributed by atoms with Crippen molar-refractivity contribution in [2.24, 2.45) is 17.3 Å². The quantitative estimate of drug-likeness (QED) is 0.700. The molecule has 0 aromatic carbocycles. The van der Waals surface area contributed by atoms with Gasteiger partial charge >= 0.3 is 11.9 Å². The summed E-state index contributed by atoms with van der Waals surface area (Å²) in [6, 6.07) is 0. The van der Waals surface area contributed by atoms with Gasteiger partial charge < -0.3 is 10.2 Å². The number of carboxylic acid groups (broad SMARTS) is 2. The summed E-state index contributed by atoms with van der Waals surface area (Å²) in [5, 5.41) is 17.7. The average molecular weight is 188 g/mol. The highest BCUT2D eigenvalue weighted by molar-refractivity contribution is 5.82. The minimum absolute atomic E-state index is 0.191. The predicted octanol–water partition coefficient (Wildman–Crippen LogP) is 1.45. The molecule has 0 aromatic rings. The maximum Gasteiger partial charge on any atom is 0.309 e. The van der Waals surface area contributed by atoms with Crippen molar-refractivity contribution in [1.29, 1.82) is 0 Å². The van der Waals surface area contributed by atoms with Gasteiger partial charge in [-0.3, -0.25) is 9.59 Å². The lowest BCUT2D eigenvalue weighted by Crippen LogP contribution is -2.40. The summed E-state index contributed by atoms with van der Waals surface area (Å²) in [4.78, 5) is 21.6. The molecule has 0 rings (SSSR count). The number of hydrogen-bond donors (Lipinski definition) is 2. The molecule has 0 aliphatic heterocycles. The summed E-state index contributed by atoms with van der Waals surface area (Å²) < 4.78 is 0. The molecule has 0 amide bonds. The largest absolute Gasteiger partial charge is 0.481 e. The van der Waals surface area contributed by atoms with Crippen molar-refractivity contribution in [3.8, 4) is 0 Å². The molecular formula is C9H16O4. The minimum Gasteiger partial charge on any atom is -0.481 e. The van der Waals surface area contributed by atoms with Crippen LogP contribution in [0.1, 0.15) is 27.7 Å². The van der Waals surface area contributed by atoms with Crippen molar-refractivity contribution in [3.63, 3.8) is 0 Å². The van der Waals surface area contributed by atoms with Crippen molar-refractivity contribution < 1.29 is 19.8 Å². The molecule has 4 nitrogen and oxygen atoms in total. The molecule has 0 heterocycles. The molecule has 1 atom stereocenters. The van der Waals surface area contributed by atoms with Crippen molar-refractivity contribution in [2.75, 3.05) is 0 Å². The predicted molar refractivity (Wildman–Crippen MR) is 47.4 cm³/mol. The maximum atomic E-state index is 10.8. The molecular weight excluding hydrogens is 172 g/mol. The molecule has 0 spiro atoms. The number of aliphatic carboxylic acids is 2. The highest BCUT2D eigenvalue weighted by Gasteiger charge is 2.43. The van der Waals surface area contributed by atoms with Crippen molar-refractivity contribution >= 4 is 11.9 Å². The van der Waals surface area contributed by atoms with E-state index in [0.29, 0.717) is 0 Å². The third kappa shape index (κ3) is 2.44. The lowest BCUT2D eigenvalue weighted by Gasteiger charge is -2.29. The third-order valence-corrected chi connectivity index (χ3v) is 2.26. The lowest BCUT2D eigenvalue weighted by atomic mass is 9.73. The van der Waals surface area contributed by atoms with Crippen LogP contribution >= 0.6 is 0 Å². The summed E-state index contributed by atoms with van der Waals surface area (Å²) in [7, 11) is 0. The van der Waals surface area contributed by atoms with Crippen LogP contribution in [0.4, 0.5) is 0 Å². The van der Waals surface area contributed by atoms with Gasteiger partial charge in [0.05, 0.1) is 11.3 Å². The van der Waals surface area contributed by atoms with Gasteiger partial charge in [0.2, 0.25) is 0 Å². The van der Waals surface area contributed by atoms with Gasteiger partial charge in [-0.05, 0) is 19.8 Å². The second kappa shape index (κ2) is 3.77. The van der Waals surface area contributed by atoms with Crippen molar-refractivity contribution in [3.05, 3.63) is 0 Å². The summed E-state index contributed by atoms with van der Waals surface area (Å²) in [5.74, 6) is -3.18. The Kier molecular flexibility index (Phi) is 3.46. The van der Waals surface area contributed by atoms with E-state index in [-0.39, 0.29) is 5.92 Å². The molecule has 0 saturated heterocycles. The highest BCUT2D eigenvalue weighted by Crippen LogP contribution is 2.33. The molecule has 0 radical (unpaired) electrons. The normalized spacial score (nSPS) is 14.2. The Morgan fingerprint density at radius 3 is 1.62 bits per heavy atom. The highest BCUT2D eigenvalue weighted by atomic mass is 16.4. The minimum atomic E-state index is -1.22. The molecule has 0 saturated carbocycles. The van der Waals surface area contributed by atoms with Crippen LogP contribution in [-0.2, 0) is 9.59 Å². The molecule has 0 aromatic heterocycles. The second-order valence-electron chi connectivity index (χ2n) is 4.09. The maximum absolute atomic E-state index is 10.8. The van der Waals surface area contributed by atoms with Gasteiger partial charge in [0.1, 0.15) is 0 Å². The lowest BCUT2D eigenvalue weighted by molar-refractivity contribution is -0.162. The monoisotopic (exact) mass is 188 g/mol. The number of rotatable bonds is 4. The first kappa shape index (κ1) is 11.9. The summed E-state index contributed by atoms with van der Waals surface area (Å²) in [5.41, 5.74) is -1.22. The number of hydrogen-bond acceptors (Lipinski definition) is 2. The van der Waals surface area contributed by atoms with Gasteiger partial charge in [-0.1, -0.05) is 13.8 Å². The van der Waals surface area contributed by atoms with E-state index in [0.717, 1.165) is 0 Å². The van der Waals surface area contributed by atoms with Crippen LogP contribution in [-0.4, -0.2) is 22.2 Å². The van der Waals surface area contributed by atoms with E-state index in [9.17, 15) is 9.59 Å². The van der Waals surface area contributed by atoms with Crippen LogP contribution in [0.5, 0.6) is 0 Å². The van der Waals surface area contributed by atoms with Gasteiger partial charge in [-0.15, -0.1) is 0 Å². The van der Waals surface area contributed by atoms with Gasteiger partial charge in [-0.2, -0.15) is 0 Å². The summed E-state index contributed by atoms with van der Waals surface area (Å²) >= 11 is 0. The Morgan fingerprint density at radius 2 is 1.54 bits per heavy atom. The first-order valence-corrected chi connectivity index (χ1v) is 4.17. The topological polar surface area (TPSA) is 74.6 Å². The molecule has 13 heavy (non-hydrogen) atoms. The van der Waals surface area contributed by atoms with E-state index in [1.54, 1.807) is 13.8 Å². The third-order valence-electron chi connectivity index (χ3n) is 2.26. The SMILES string of the molecule is CC(C)C(C(=O)O)C(C)(C)C(=O)O. The van der Waals surface area contributed by atoms with Gasteiger partial charge in [0.25, 0.3) is 0 Å². The van der Waals surface area contributed by atoms with Crippen LogP contribution in [0.25, 0.3) is 0 Å². The Labute approximate surface area is 77.6 Å². The Bertz CT molecular complexity index is 218. The smallest absolute Gasteiger partial charge is 0.309 e. The van der Waals surface area contributed by atoms with Crippen LogP contribution in [0.15, 0.2) is 0 Å². The van der Waals surface area contributed by atoms with E-state index in [1.807, 2.05) is 0 Å². The van der Waals surface area contributed by atoms with Gasteiger partial charge in [0.15, 0.2) is 0 Å². The molecule has 76 valence electrons. The zero-order chi connectivity index (χ0) is 10.8. The summed E-state index contributed by atoms with van der Waals surface area (Å²) in [6.45, 7) is 6.30. The average Bonchev–Trinajstić information content (AvgIpc) is 1.82. The van der Waals surface area contributed by atoms with Crippen LogP contribution < -0.4 is 0 Å². The van der Waals surface area contributed by atoms with E-state index in [4.69, 9.17) is 10.2 Å². The van der Waals surface area contributed by atoms with Gasteiger partial charge in [-0.25, -0.2) is 0 Å². The van der Waals surface area contributed by atoms with E-state index in [1.165, 1.54) is 13.8 Å². The molecule has 0 aliphatic rings. The van der Waals surface area contributed by atoms with Crippen LogP contribution in [0.3, 0.4) is 0 Å². The number of carboxylic acids is 2. The molecule has 1 unspecified atom stereocenters. The molecule has 0 fully saturated rings. The van der Waals surface area contributed by atoms with Crippen LogP contribution in [0, 0.1) is 17.3 Å². The Hall–Kier alpha value is -1.06. The first-order chi connectivity index (χ1) is 5.71. The van der Waals surface area contributed by atoms with Crippen molar-refractivity contribution in [1.82, 2.24) is 0 Å². The van der Waals surface area contributed by atoms with E-state index in [2.05, 4.69) is 0 Å². The number of carbonyl (C=O) groups is 2. The Balaban J connectivity index is 4.94. The molecule has 0 bridgehead atoms. The Morgan fingerprint density at radius 1 is 1.15 bits per heavy atom. The summed E-state index contributed by atoms with van der Waals surface area (Å²) in [6.07, 6.45) is 0. The zero-order valence-electron chi connectivity index (χ0n) is 8.37. The van der Waals surface area contributed by atoms with Crippen LogP contribution in [0.2, 0.25) is 0 Å². The zero-order valence-corrected chi connectivity index (χ0v) is 8.37. The second-order valence-corrected chi connectivity index (χ2v) is 4.09. The fourth-order valence-electron chi connectivity index (χ4n) is 1.56. The van der Waals surface area contributed by atoms with E-state index < -0.39 is 23.3 Å². The molecule has 4 heteroatoms.